The van der Waals surface area contributed by atoms with Crippen molar-refractivity contribution in [1.29, 1.82) is 0 Å². The molecule has 0 aliphatic carbocycles. The van der Waals surface area contributed by atoms with Gasteiger partial charge in [0.05, 0.1) is 0 Å². The minimum atomic E-state index is 0.331. The van der Waals surface area contributed by atoms with E-state index in [1.807, 2.05) is 6.08 Å². The van der Waals surface area contributed by atoms with Crippen molar-refractivity contribution in [3.63, 3.8) is 0 Å². The molecule has 66 valence electrons. The van der Waals surface area contributed by atoms with Crippen LogP contribution in [0.1, 0.15) is 33.6 Å². The Morgan fingerprint density at radius 1 is 1.27 bits per heavy atom. The highest BCUT2D eigenvalue weighted by Crippen LogP contribution is 2.19. The van der Waals surface area contributed by atoms with Gasteiger partial charge in [-0.05, 0) is 31.6 Å². The van der Waals surface area contributed by atoms with Gasteiger partial charge in [-0.2, -0.15) is 0 Å². The van der Waals surface area contributed by atoms with Crippen LogP contribution in [0, 0.1) is 11.8 Å². The smallest absolute Gasteiger partial charge is 0.00131 e. The third-order valence-corrected chi connectivity index (χ3v) is 2.25. The summed E-state index contributed by atoms with van der Waals surface area (Å²) in [4.78, 5) is 0. The van der Waals surface area contributed by atoms with Crippen molar-refractivity contribution in [3.8, 4) is 0 Å². The summed E-state index contributed by atoms with van der Waals surface area (Å²) in [6.45, 7) is 10.3. The maximum atomic E-state index is 5.70. The molecule has 11 heavy (non-hydrogen) atoms. The zero-order valence-corrected chi connectivity index (χ0v) is 8.01. The number of hydrogen-bond acceptors (Lipinski definition) is 1. The van der Waals surface area contributed by atoms with Crippen LogP contribution in [0.5, 0.6) is 0 Å². The van der Waals surface area contributed by atoms with Crippen molar-refractivity contribution in [1.82, 2.24) is 0 Å². The van der Waals surface area contributed by atoms with Crippen LogP contribution in [0.3, 0.4) is 0 Å². The summed E-state index contributed by atoms with van der Waals surface area (Å²) in [6, 6.07) is 0.331. The molecule has 3 atom stereocenters. The minimum absolute atomic E-state index is 0.331. The van der Waals surface area contributed by atoms with E-state index in [0.717, 1.165) is 18.8 Å². The van der Waals surface area contributed by atoms with E-state index >= 15 is 0 Å². The summed E-state index contributed by atoms with van der Waals surface area (Å²) in [6.07, 6.45) is 4.21. The largest absolute Gasteiger partial charge is 0.328 e. The van der Waals surface area contributed by atoms with Crippen LogP contribution in [0.4, 0.5) is 0 Å². The average Bonchev–Trinajstić information content (AvgIpc) is 1.86. The van der Waals surface area contributed by atoms with E-state index in [1.54, 1.807) is 0 Å². The summed E-state index contributed by atoms with van der Waals surface area (Å²) in [5.41, 5.74) is 5.70. The Morgan fingerprint density at radius 3 is 2.18 bits per heavy atom. The Labute approximate surface area is 70.7 Å². The van der Waals surface area contributed by atoms with E-state index in [9.17, 15) is 0 Å². The molecular formula is C10H21N. The predicted octanol–water partition coefficient (Wildman–Crippen LogP) is 2.57. The van der Waals surface area contributed by atoms with Crippen molar-refractivity contribution in [2.45, 2.75) is 39.7 Å². The molecule has 0 amide bonds. The second-order valence-corrected chi connectivity index (χ2v) is 3.69. The molecule has 0 heterocycles. The maximum absolute atomic E-state index is 5.70. The van der Waals surface area contributed by atoms with Crippen LogP contribution >= 0.6 is 0 Å². The van der Waals surface area contributed by atoms with Crippen LogP contribution in [0.15, 0.2) is 12.7 Å². The lowest BCUT2D eigenvalue weighted by Crippen LogP contribution is -2.21. The zero-order valence-electron chi connectivity index (χ0n) is 8.01. The van der Waals surface area contributed by atoms with Gasteiger partial charge < -0.3 is 5.73 Å². The summed E-state index contributed by atoms with van der Waals surface area (Å²) >= 11 is 0. The highest BCUT2D eigenvalue weighted by Gasteiger charge is 2.11. The van der Waals surface area contributed by atoms with Crippen LogP contribution in [-0.4, -0.2) is 6.04 Å². The number of rotatable bonds is 5. The van der Waals surface area contributed by atoms with Crippen LogP contribution in [0.25, 0.3) is 0 Å². The van der Waals surface area contributed by atoms with Gasteiger partial charge in [0.1, 0.15) is 0 Å². The molecule has 0 bridgehead atoms. The molecule has 1 nitrogen and oxygen atoms in total. The lowest BCUT2D eigenvalue weighted by atomic mass is 9.88. The molecule has 2 N–H and O–H groups in total. The van der Waals surface area contributed by atoms with E-state index in [2.05, 4.69) is 27.4 Å². The second kappa shape index (κ2) is 5.36. The zero-order chi connectivity index (χ0) is 8.85. The van der Waals surface area contributed by atoms with Gasteiger partial charge in [0.15, 0.2) is 0 Å². The third kappa shape index (κ3) is 5.02. The van der Waals surface area contributed by atoms with Crippen LogP contribution in [-0.2, 0) is 0 Å². The van der Waals surface area contributed by atoms with Gasteiger partial charge in [0.2, 0.25) is 0 Å². The normalized spacial score (nSPS) is 18.9. The SMILES string of the molecule is C=CCC(C)C(C)CC(C)N. The Bertz CT molecular complexity index is 107. The first-order chi connectivity index (χ1) is 5.07. The quantitative estimate of drug-likeness (QED) is 0.607. The molecule has 0 aromatic rings. The highest BCUT2D eigenvalue weighted by molar-refractivity contribution is 4.75. The molecule has 0 spiro atoms. The molecule has 0 aliphatic rings. The third-order valence-electron chi connectivity index (χ3n) is 2.25. The van der Waals surface area contributed by atoms with Gasteiger partial charge >= 0.3 is 0 Å². The van der Waals surface area contributed by atoms with E-state index < -0.39 is 0 Å². The van der Waals surface area contributed by atoms with Gasteiger partial charge in [-0.3, -0.25) is 0 Å². The second-order valence-electron chi connectivity index (χ2n) is 3.69. The molecule has 0 saturated carbocycles. The Morgan fingerprint density at radius 2 is 1.82 bits per heavy atom. The number of allylic oxidation sites excluding steroid dienone is 1. The van der Waals surface area contributed by atoms with Gasteiger partial charge in [-0.15, -0.1) is 6.58 Å². The average molecular weight is 155 g/mol. The van der Waals surface area contributed by atoms with Gasteiger partial charge in [-0.1, -0.05) is 19.9 Å². The molecule has 0 aliphatic heterocycles. The Kier molecular flexibility index (Phi) is 5.22. The Balaban J connectivity index is 3.62. The van der Waals surface area contributed by atoms with E-state index in [-0.39, 0.29) is 0 Å². The first-order valence-electron chi connectivity index (χ1n) is 4.44. The molecule has 0 fully saturated rings. The maximum Gasteiger partial charge on any atom is 0.00131 e. The van der Waals surface area contributed by atoms with E-state index in [1.165, 1.54) is 0 Å². The van der Waals surface area contributed by atoms with Gasteiger partial charge in [0.25, 0.3) is 0 Å². The van der Waals surface area contributed by atoms with Gasteiger partial charge in [-0.25, -0.2) is 0 Å². The molecule has 0 radical (unpaired) electrons. The topological polar surface area (TPSA) is 26.0 Å². The molecule has 0 aromatic carbocycles. The summed E-state index contributed by atoms with van der Waals surface area (Å²) < 4.78 is 0. The monoisotopic (exact) mass is 155 g/mol. The van der Waals surface area contributed by atoms with E-state index in [0.29, 0.717) is 12.0 Å². The number of nitrogens with two attached hydrogens (primary N) is 1. The standard InChI is InChI=1S/C10H21N/c1-5-6-8(2)9(3)7-10(4)11/h5,8-10H,1,6-7,11H2,2-4H3. The predicted molar refractivity (Wildman–Crippen MR) is 51.4 cm³/mol. The van der Waals surface area contributed by atoms with Crippen LogP contribution < -0.4 is 5.73 Å². The first-order valence-corrected chi connectivity index (χ1v) is 4.44. The molecular weight excluding hydrogens is 134 g/mol. The number of hydrogen-bond donors (Lipinski definition) is 1. The lowest BCUT2D eigenvalue weighted by Gasteiger charge is -2.19. The summed E-state index contributed by atoms with van der Waals surface area (Å²) in [7, 11) is 0. The first kappa shape index (κ1) is 10.7. The summed E-state index contributed by atoms with van der Waals surface area (Å²) in [5, 5.41) is 0. The van der Waals surface area contributed by atoms with E-state index in [4.69, 9.17) is 5.73 Å². The van der Waals surface area contributed by atoms with Crippen molar-refractivity contribution in [3.05, 3.63) is 12.7 Å². The molecule has 3 unspecified atom stereocenters. The highest BCUT2D eigenvalue weighted by atomic mass is 14.6. The molecule has 0 saturated heterocycles. The fourth-order valence-corrected chi connectivity index (χ4v) is 1.31. The van der Waals surface area contributed by atoms with Gasteiger partial charge in [0, 0.05) is 6.04 Å². The van der Waals surface area contributed by atoms with Crippen LogP contribution in [0.2, 0.25) is 0 Å². The summed E-state index contributed by atoms with van der Waals surface area (Å²) in [5.74, 6) is 1.44. The van der Waals surface area contributed by atoms with Crippen molar-refractivity contribution < 1.29 is 0 Å². The minimum Gasteiger partial charge on any atom is -0.328 e. The lowest BCUT2D eigenvalue weighted by molar-refractivity contribution is 0.347. The van der Waals surface area contributed by atoms with Crippen molar-refractivity contribution in [2.24, 2.45) is 17.6 Å². The fourth-order valence-electron chi connectivity index (χ4n) is 1.31. The van der Waals surface area contributed by atoms with Crippen molar-refractivity contribution in [2.75, 3.05) is 0 Å². The fraction of sp³-hybridized carbons (Fsp3) is 0.800. The molecule has 1 heteroatoms. The van der Waals surface area contributed by atoms with Crippen molar-refractivity contribution >= 4 is 0 Å². The molecule has 0 aromatic heterocycles. The Hall–Kier alpha value is -0.300. The molecule has 0 rings (SSSR count).